The lowest BCUT2D eigenvalue weighted by atomic mass is 9.99. The maximum Gasteiger partial charge on any atom is 0.172 e. The van der Waals surface area contributed by atoms with E-state index in [-0.39, 0.29) is 6.10 Å². The number of nitrogens with one attached hydrogen (secondary N) is 1. The molecule has 0 saturated heterocycles. The largest absolute Gasteiger partial charge is 0.486 e. The summed E-state index contributed by atoms with van der Waals surface area (Å²) >= 11 is 0. The molecule has 0 bridgehead atoms. The zero-order valence-electron chi connectivity index (χ0n) is 18.2. The number of benzene rings is 2. The zero-order valence-corrected chi connectivity index (χ0v) is 18.2. The van der Waals surface area contributed by atoms with Gasteiger partial charge in [-0.1, -0.05) is 31.2 Å². The number of hydrogen-bond acceptors (Lipinski definition) is 5. The number of rotatable bonds is 4. The number of H-pyrrole nitrogens is 1. The number of hydrogen-bond donors (Lipinski definition) is 1. The van der Waals surface area contributed by atoms with Crippen LogP contribution in [0, 0.1) is 0 Å². The molecular weight excluding hydrogens is 400 g/mol. The molecule has 162 valence electrons. The van der Waals surface area contributed by atoms with Crippen molar-refractivity contribution in [3.63, 3.8) is 0 Å². The fourth-order valence-electron chi connectivity index (χ4n) is 4.72. The predicted molar refractivity (Wildman–Crippen MR) is 126 cm³/mol. The summed E-state index contributed by atoms with van der Waals surface area (Å²) in [6, 6.07) is 12.4. The van der Waals surface area contributed by atoms with Crippen molar-refractivity contribution < 1.29 is 9.47 Å². The van der Waals surface area contributed by atoms with Crippen molar-refractivity contribution in [2.75, 3.05) is 26.2 Å². The van der Waals surface area contributed by atoms with E-state index in [4.69, 9.17) is 9.47 Å². The van der Waals surface area contributed by atoms with Crippen LogP contribution in [0.25, 0.3) is 27.4 Å². The molecule has 4 aromatic rings. The fourth-order valence-corrected chi connectivity index (χ4v) is 4.72. The van der Waals surface area contributed by atoms with Crippen LogP contribution >= 0.6 is 0 Å². The third-order valence-corrected chi connectivity index (χ3v) is 6.44. The Bertz CT molecular complexity index is 1330. The van der Waals surface area contributed by atoms with E-state index in [9.17, 15) is 0 Å². The summed E-state index contributed by atoms with van der Waals surface area (Å²) in [4.78, 5) is 14.9. The molecule has 2 aromatic carbocycles. The summed E-state index contributed by atoms with van der Waals surface area (Å²) in [5, 5.41) is 2.22. The van der Waals surface area contributed by atoms with E-state index in [0.717, 1.165) is 60.7 Å². The number of aromatic nitrogens is 3. The molecule has 0 saturated carbocycles. The lowest BCUT2D eigenvalue weighted by Crippen LogP contribution is -2.42. The Morgan fingerprint density at radius 2 is 2.09 bits per heavy atom. The lowest BCUT2D eigenvalue weighted by Gasteiger charge is -2.33. The van der Waals surface area contributed by atoms with Crippen molar-refractivity contribution in [3.8, 4) is 11.5 Å². The number of aryl methyl sites for hydroxylation is 1. The normalized spacial score (nSPS) is 18.8. The Labute approximate surface area is 186 Å². The van der Waals surface area contributed by atoms with Gasteiger partial charge in [0.15, 0.2) is 11.5 Å². The first-order valence-electron chi connectivity index (χ1n) is 11.3. The molecule has 0 aliphatic carbocycles. The van der Waals surface area contributed by atoms with Crippen molar-refractivity contribution in [1.82, 2.24) is 19.9 Å². The maximum atomic E-state index is 6.41. The smallest absolute Gasteiger partial charge is 0.172 e. The predicted octanol–water partition coefficient (Wildman–Crippen LogP) is 4.60. The Balaban J connectivity index is 1.17. The monoisotopic (exact) mass is 426 g/mol. The van der Waals surface area contributed by atoms with Crippen molar-refractivity contribution >= 4 is 27.4 Å². The van der Waals surface area contributed by atoms with Gasteiger partial charge in [-0.3, -0.25) is 4.90 Å². The molecule has 1 N–H and O–H groups in total. The van der Waals surface area contributed by atoms with Crippen LogP contribution in [0.3, 0.4) is 0 Å². The number of para-hydroxylation sites is 1. The molecule has 6 rings (SSSR count). The van der Waals surface area contributed by atoms with Crippen molar-refractivity contribution in [2.24, 2.45) is 0 Å². The average molecular weight is 427 g/mol. The fraction of sp³-hybridized carbons (Fsp3) is 0.308. The second-order valence-corrected chi connectivity index (χ2v) is 8.50. The van der Waals surface area contributed by atoms with Crippen LogP contribution in [0.1, 0.15) is 24.7 Å². The van der Waals surface area contributed by atoms with E-state index in [1.165, 1.54) is 22.0 Å². The molecule has 0 radical (unpaired) electrons. The van der Waals surface area contributed by atoms with E-state index in [1.54, 1.807) is 0 Å². The summed E-state index contributed by atoms with van der Waals surface area (Å²) in [5.41, 5.74) is 4.84. The van der Waals surface area contributed by atoms with Crippen LogP contribution in [0.4, 0.5) is 0 Å². The highest BCUT2D eigenvalue weighted by Gasteiger charge is 2.26. The molecule has 0 amide bonds. The van der Waals surface area contributed by atoms with Gasteiger partial charge in [0, 0.05) is 54.9 Å². The van der Waals surface area contributed by atoms with Crippen LogP contribution < -0.4 is 9.47 Å². The Kier molecular flexibility index (Phi) is 4.80. The highest BCUT2D eigenvalue weighted by atomic mass is 16.6. The van der Waals surface area contributed by atoms with E-state index in [0.29, 0.717) is 6.61 Å². The summed E-state index contributed by atoms with van der Waals surface area (Å²) < 4.78 is 12.4. The van der Waals surface area contributed by atoms with Gasteiger partial charge in [0.05, 0.1) is 10.9 Å². The maximum absolute atomic E-state index is 6.41. The van der Waals surface area contributed by atoms with Gasteiger partial charge in [-0.15, -0.1) is 0 Å². The van der Waals surface area contributed by atoms with Gasteiger partial charge in [-0.2, -0.15) is 0 Å². The Morgan fingerprint density at radius 1 is 1.16 bits per heavy atom. The third-order valence-electron chi connectivity index (χ3n) is 6.44. The van der Waals surface area contributed by atoms with Crippen LogP contribution in [-0.4, -0.2) is 52.2 Å². The van der Waals surface area contributed by atoms with Crippen molar-refractivity contribution in [3.05, 3.63) is 66.3 Å². The SMILES string of the molecule is CCc1ncc2c3c(ccc2n1)OCC(CN1CC=C(c2c[nH]c4ccccc24)CC1)O3. The molecule has 6 heteroatoms. The topological polar surface area (TPSA) is 63.3 Å². The van der Waals surface area contributed by atoms with Gasteiger partial charge in [0.1, 0.15) is 18.5 Å². The minimum absolute atomic E-state index is 0.0120. The van der Waals surface area contributed by atoms with Gasteiger partial charge in [-0.25, -0.2) is 9.97 Å². The number of ether oxygens (including phenoxy) is 2. The molecule has 0 spiro atoms. The molecule has 6 nitrogen and oxygen atoms in total. The first kappa shape index (κ1) is 19.3. The minimum Gasteiger partial charge on any atom is -0.486 e. The van der Waals surface area contributed by atoms with Gasteiger partial charge in [0.25, 0.3) is 0 Å². The zero-order chi connectivity index (χ0) is 21.5. The van der Waals surface area contributed by atoms with Gasteiger partial charge < -0.3 is 14.5 Å². The quantitative estimate of drug-likeness (QED) is 0.517. The van der Waals surface area contributed by atoms with E-state index in [2.05, 4.69) is 63.3 Å². The van der Waals surface area contributed by atoms with Crippen LogP contribution in [-0.2, 0) is 6.42 Å². The molecule has 2 aliphatic rings. The number of aromatic amines is 1. The van der Waals surface area contributed by atoms with Crippen molar-refractivity contribution in [1.29, 1.82) is 0 Å². The number of fused-ring (bicyclic) bond motifs is 4. The van der Waals surface area contributed by atoms with E-state index >= 15 is 0 Å². The first-order valence-corrected chi connectivity index (χ1v) is 11.3. The molecule has 2 aromatic heterocycles. The van der Waals surface area contributed by atoms with Crippen LogP contribution in [0.2, 0.25) is 0 Å². The molecular formula is C26H26N4O2. The average Bonchev–Trinajstić information content (AvgIpc) is 3.28. The summed E-state index contributed by atoms with van der Waals surface area (Å²) in [6.07, 6.45) is 8.19. The lowest BCUT2D eigenvalue weighted by molar-refractivity contribution is 0.0632. The van der Waals surface area contributed by atoms with E-state index in [1.807, 2.05) is 18.3 Å². The van der Waals surface area contributed by atoms with Gasteiger partial charge in [0.2, 0.25) is 0 Å². The summed E-state index contributed by atoms with van der Waals surface area (Å²) in [7, 11) is 0. The van der Waals surface area contributed by atoms with Crippen LogP contribution in [0.15, 0.2) is 54.9 Å². The van der Waals surface area contributed by atoms with E-state index < -0.39 is 0 Å². The summed E-state index contributed by atoms with van der Waals surface area (Å²) in [6.45, 7) is 5.38. The highest BCUT2D eigenvalue weighted by molar-refractivity contribution is 5.92. The first-order chi connectivity index (χ1) is 15.8. The second-order valence-electron chi connectivity index (χ2n) is 8.50. The van der Waals surface area contributed by atoms with Crippen molar-refractivity contribution in [2.45, 2.75) is 25.9 Å². The van der Waals surface area contributed by atoms with Gasteiger partial charge >= 0.3 is 0 Å². The Morgan fingerprint density at radius 3 is 2.97 bits per heavy atom. The molecule has 32 heavy (non-hydrogen) atoms. The molecule has 2 aliphatic heterocycles. The molecule has 1 unspecified atom stereocenters. The van der Waals surface area contributed by atoms with Gasteiger partial charge in [-0.05, 0) is 30.2 Å². The molecule has 1 atom stereocenters. The summed E-state index contributed by atoms with van der Waals surface area (Å²) in [5.74, 6) is 2.40. The molecule has 4 heterocycles. The van der Waals surface area contributed by atoms with Crippen LogP contribution in [0.5, 0.6) is 11.5 Å². The highest BCUT2D eigenvalue weighted by Crippen LogP contribution is 2.38. The second kappa shape index (κ2) is 7.95. The third kappa shape index (κ3) is 3.41. The molecule has 0 fully saturated rings. The number of nitrogens with zero attached hydrogens (tertiary/aromatic N) is 3. The standard InChI is InChI=1S/C26H26N4O2/c1-2-25-28-14-21-23(29-25)7-8-24-26(21)32-18(16-31-24)15-30-11-9-17(10-12-30)20-13-27-22-6-4-3-5-19(20)22/h3-9,13-14,18,27H,2,10-12,15-16H2,1H3. The minimum atomic E-state index is -0.0120. The Hall–Kier alpha value is -3.38.